The molecule has 0 saturated carbocycles. The molecule has 6 nitrogen and oxygen atoms in total. The van der Waals surface area contributed by atoms with E-state index in [4.69, 9.17) is 5.73 Å². The number of nitrogen functional groups attached to an aromatic ring is 1. The van der Waals surface area contributed by atoms with Crippen LogP contribution in [0.4, 0.5) is 17.1 Å². The number of anilines is 3. The molecule has 0 aromatic heterocycles. The van der Waals surface area contributed by atoms with Crippen LogP contribution in [0.5, 0.6) is 0 Å². The Bertz CT molecular complexity index is 953. The van der Waals surface area contributed by atoms with E-state index in [0.29, 0.717) is 17.1 Å². The number of rotatable bonds is 5. The Labute approximate surface area is 165 Å². The molecule has 144 valence electrons. The number of hydrogen-bond donors (Lipinski definition) is 2. The number of benzene rings is 2. The number of nitrogens with two attached hydrogens (primary N) is 1. The van der Waals surface area contributed by atoms with Gasteiger partial charge in [0.25, 0.3) is 5.91 Å². The predicted molar refractivity (Wildman–Crippen MR) is 112 cm³/mol. The second-order valence-electron chi connectivity index (χ2n) is 6.78. The number of nitrogens with zero attached hydrogens (tertiary/aromatic N) is 2. The van der Waals surface area contributed by atoms with Crippen LogP contribution in [-0.4, -0.2) is 11.8 Å². The van der Waals surface area contributed by atoms with Crippen molar-refractivity contribution in [3.8, 4) is 6.07 Å². The molecule has 0 aliphatic carbocycles. The maximum atomic E-state index is 12.8. The number of carbonyl (C=O) groups is 2. The fraction of sp³-hybridized carbons (Fsp3) is 0.227. The van der Waals surface area contributed by atoms with E-state index in [0.717, 1.165) is 11.1 Å². The Hall–Kier alpha value is -3.59. The summed E-state index contributed by atoms with van der Waals surface area (Å²) in [5.74, 6) is -0.697. The molecule has 0 bridgehead atoms. The highest BCUT2D eigenvalue weighted by Gasteiger charge is 2.18. The molecule has 2 amide bonds. The van der Waals surface area contributed by atoms with Gasteiger partial charge in [0.15, 0.2) is 0 Å². The summed E-state index contributed by atoms with van der Waals surface area (Å²) in [6.45, 7) is 7.32. The Morgan fingerprint density at radius 1 is 1.18 bits per heavy atom. The average Bonchev–Trinajstić information content (AvgIpc) is 2.64. The normalized spacial score (nSPS) is 11.1. The SMILES string of the molecule is CC(=O)N(/C=C(/C#N)C(=O)Nc1c(C)cccc1C(C)C)c1ccc(N)cc1. The summed E-state index contributed by atoms with van der Waals surface area (Å²) in [4.78, 5) is 26.1. The maximum absolute atomic E-state index is 12.8. The highest BCUT2D eigenvalue weighted by molar-refractivity contribution is 6.08. The van der Waals surface area contributed by atoms with Gasteiger partial charge in [-0.25, -0.2) is 0 Å². The van der Waals surface area contributed by atoms with Crippen LogP contribution in [0, 0.1) is 18.3 Å². The van der Waals surface area contributed by atoms with Crippen LogP contribution in [-0.2, 0) is 9.59 Å². The monoisotopic (exact) mass is 376 g/mol. The van der Waals surface area contributed by atoms with Crippen molar-refractivity contribution in [3.63, 3.8) is 0 Å². The molecule has 0 radical (unpaired) electrons. The van der Waals surface area contributed by atoms with Crippen molar-refractivity contribution in [2.24, 2.45) is 0 Å². The minimum absolute atomic E-state index is 0.176. The summed E-state index contributed by atoms with van der Waals surface area (Å²) in [6, 6.07) is 14.3. The van der Waals surface area contributed by atoms with Gasteiger partial charge in [-0.1, -0.05) is 32.0 Å². The van der Waals surface area contributed by atoms with Crippen LogP contribution in [0.3, 0.4) is 0 Å². The highest BCUT2D eigenvalue weighted by Crippen LogP contribution is 2.28. The summed E-state index contributed by atoms with van der Waals surface area (Å²) < 4.78 is 0. The molecule has 0 aliphatic heterocycles. The maximum Gasteiger partial charge on any atom is 0.267 e. The quantitative estimate of drug-likeness (QED) is 0.466. The fourth-order valence-corrected chi connectivity index (χ4v) is 2.77. The first kappa shape index (κ1) is 20.7. The van der Waals surface area contributed by atoms with Crippen LogP contribution in [0.15, 0.2) is 54.2 Å². The highest BCUT2D eigenvalue weighted by atomic mass is 16.2. The molecule has 0 saturated heterocycles. The Morgan fingerprint density at radius 3 is 2.36 bits per heavy atom. The summed E-state index contributed by atoms with van der Waals surface area (Å²) in [5.41, 5.74) is 9.14. The van der Waals surface area contributed by atoms with Crippen molar-refractivity contribution in [1.82, 2.24) is 0 Å². The smallest absolute Gasteiger partial charge is 0.267 e. The van der Waals surface area contributed by atoms with Crippen LogP contribution in [0.25, 0.3) is 0 Å². The molecule has 0 spiro atoms. The second-order valence-corrected chi connectivity index (χ2v) is 6.78. The van der Waals surface area contributed by atoms with Gasteiger partial charge < -0.3 is 11.1 Å². The lowest BCUT2D eigenvalue weighted by atomic mass is 9.98. The molecule has 0 aliphatic rings. The number of nitriles is 1. The molecule has 3 N–H and O–H groups in total. The van der Waals surface area contributed by atoms with Crippen molar-refractivity contribution < 1.29 is 9.59 Å². The molecule has 2 aromatic rings. The largest absolute Gasteiger partial charge is 0.399 e. The van der Waals surface area contributed by atoms with Gasteiger partial charge in [0.1, 0.15) is 11.6 Å². The van der Waals surface area contributed by atoms with Gasteiger partial charge in [-0.15, -0.1) is 0 Å². The van der Waals surface area contributed by atoms with E-state index >= 15 is 0 Å². The van der Waals surface area contributed by atoms with Crippen molar-refractivity contribution in [3.05, 3.63) is 65.4 Å². The first-order valence-corrected chi connectivity index (χ1v) is 8.92. The number of nitrogens with one attached hydrogen (secondary N) is 1. The molecular weight excluding hydrogens is 352 g/mol. The zero-order valence-corrected chi connectivity index (χ0v) is 16.5. The van der Waals surface area contributed by atoms with E-state index in [2.05, 4.69) is 5.32 Å². The Kier molecular flexibility index (Phi) is 6.56. The third-order valence-electron chi connectivity index (χ3n) is 4.30. The predicted octanol–water partition coefficient (Wildman–Crippen LogP) is 4.10. The number of para-hydroxylation sites is 1. The van der Waals surface area contributed by atoms with E-state index in [1.165, 1.54) is 18.0 Å². The number of hydrogen-bond acceptors (Lipinski definition) is 4. The Balaban J connectivity index is 2.38. The zero-order chi connectivity index (χ0) is 20.8. The number of amides is 2. The summed E-state index contributed by atoms with van der Waals surface area (Å²) in [5, 5.41) is 12.3. The molecule has 0 unspecified atom stereocenters. The topological polar surface area (TPSA) is 99.2 Å². The van der Waals surface area contributed by atoms with Gasteiger partial charge in [0, 0.05) is 30.2 Å². The molecule has 0 atom stereocenters. The van der Waals surface area contributed by atoms with Crippen molar-refractivity contribution >= 4 is 28.9 Å². The number of aryl methyl sites for hydroxylation is 1. The lowest BCUT2D eigenvalue weighted by Crippen LogP contribution is -2.25. The van der Waals surface area contributed by atoms with E-state index in [-0.39, 0.29) is 17.4 Å². The standard InChI is InChI=1S/C22H24N4O2/c1-14(2)20-7-5-6-15(3)21(20)25-22(28)17(12-23)13-26(16(4)27)19-10-8-18(24)9-11-19/h5-11,13-14H,24H2,1-4H3,(H,25,28)/b17-13-. The zero-order valence-electron chi connectivity index (χ0n) is 16.5. The molecule has 6 heteroatoms. The minimum Gasteiger partial charge on any atom is -0.399 e. The second kappa shape index (κ2) is 8.87. The molecule has 0 heterocycles. The molecular formula is C22H24N4O2. The first-order chi connectivity index (χ1) is 13.2. The van der Waals surface area contributed by atoms with E-state index in [9.17, 15) is 14.9 Å². The van der Waals surface area contributed by atoms with Crippen molar-refractivity contribution in [2.45, 2.75) is 33.6 Å². The molecule has 0 fully saturated rings. The van der Waals surface area contributed by atoms with Crippen LogP contribution < -0.4 is 16.0 Å². The minimum atomic E-state index is -0.569. The van der Waals surface area contributed by atoms with Gasteiger partial charge in [-0.3, -0.25) is 14.5 Å². The third-order valence-corrected chi connectivity index (χ3v) is 4.30. The van der Waals surface area contributed by atoms with Gasteiger partial charge in [0.05, 0.1) is 0 Å². The fourth-order valence-electron chi connectivity index (χ4n) is 2.77. The molecule has 2 rings (SSSR count). The summed E-state index contributed by atoms with van der Waals surface area (Å²) >= 11 is 0. The lowest BCUT2D eigenvalue weighted by Gasteiger charge is -2.19. The van der Waals surface area contributed by atoms with Crippen LogP contribution in [0.1, 0.15) is 37.8 Å². The van der Waals surface area contributed by atoms with Crippen LogP contribution in [0.2, 0.25) is 0 Å². The summed E-state index contributed by atoms with van der Waals surface area (Å²) in [7, 11) is 0. The first-order valence-electron chi connectivity index (χ1n) is 8.92. The van der Waals surface area contributed by atoms with Gasteiger partial charge >= 0.3 is 0 Å². The lowest BCUT2D eigenvalue weighted by molar-refractivity contribution is -0.116. The van der Waals surface area contributed by atoms with Crippen LogP contribution >= 0.6 is 0 Å². The Morgan fingerprint density at radius 2 is 1.82 bits per heavy atom. The van der Waals surface area contributed by atoms with E-state index < -0.39 is 5.91 Å². The number of carbonyl (C=O) groups excluding carboxylic acids is 2. The van der Waals surface area contributed by atoms with Crippen molar-refractivity contribution in [1.29, 1.82) is 5.26 Å². The van der Waals surface area contributed by atoms with E-state index in [1.54, 1.807) is 24.3 Å². The molecule has 28 heavy (non-hydrogen) atoms. The van der Waals surface area contributed by atoms with Crippen molar-refractivity contribution in [2.75, 3.05) is 16.0 Å². The van der Waals surface area contributed by atoms with Gasteiger partial charge in [-0.05, 0) is 48.2 Å². The third kappa shape index (κ3) is 4.77. The summed E-state index contributed by atoms with van der Waals surface area (Å²) in [6.07, 6.45) is 1.25. The van der Waals surface area contributed by atoms with E-state index in [1.807, 2.05) is 45.0 Å². The molecule has 2 aromatic carbocycles. The van der Waals surface area contributed by atoms with Gasteiger partial charge in [-0.2, -0.15) is 5.26 Å². The van der Waals surface area contributed by atoms with Gasteiger partial charge in [0.2, 0.25) is 5.91 Å². The average molecular weight is 376 g/mol.